The van der Waals surface area contributed by atoms with Gasteiger partial charge in [-0.25, -0.2) is 0 Å². The number of carbonyl (C=O) groups is 1. The van der Waals surface area contributed by atoms with Gasteiger partial charge in [0.25, 0.3) is 0 Å². The van der Waals surface area contributed by atoms with Gasteiger partial charge in [0.1, 0.15) is 6.04 Å². The van der Waals surface area contributed by atoms with Gasteiger partial charge in [0, 0.05) is 6.54 Å². The fourth-order valence-corrected chi connectivity index (χ4v) is 2.34. The maximum Gasteiger partial charge on any atom is 0.242 e. The van der Waals surface area contributed by atoms with Crippen molar-refractivity contribution in [1.82, 2.24) is 4.90 Å². The average molecular weight is 258 g/mol. The third kappa shape index (κ3) is 3.93. The largest absolute Gasteiger partial charge is 0.394 e. The van der Waals surface area contributed by atoms with Gasteiger partial charge < -0.3 is 20.5 Å². The third-order valence-electron chi connectivity index (χ3n) is 3.20. The Kier molecular flexibility index (Phi) is 5.13. The van der Waals surface area contributed by atoms with Gasteiger partial charge in [0.05, 0.1) is 24.4 Å². The topological polar surface area (TPSA) is 75.8 Å². The van der Waals surface area contributed by atoms with Gasteiger partial charge >= 0.3 is 0 Å². The molecule has 0 radical (unpaired) electrons. The van der Waals surface area contributed by atoms with Gasteiger partial charge in [-0.15, -0.1) is 0 Å². The van der Waals surface area contributed by atoms with Crippen LogP contribution >= 0.6 is 0 Å². The maximum atomic E-state index is 12.3. The van der Waals surface area contributed by atoms with Gasteiger partial charge in [-0.2, -0.15) is 0 Å². The fourth-order valence-electron chi connectivity index (χ4n) is 2.34. The second-order valence-corrected chi connectivity index (χ2v) is 5.97. The van der Waals surface area contributed by atoms with Crippen LogP contribution in [-0.4, -0.2) is 52.9 Å². The minimum absolute atomic E-state index is 0.00691. The van der Waals surface area contributed by atoms with Gasteiger partial charge in [-0.05, 0) is 40.5 Å². The van der Waals surface area contributed by atoms with E-state index in [1.807, 2.05) is 27.7 Å². The zero-order valence-corrected chi connectivity index (χ0v) is 11.8. The highest BCUT2D eigenvalue weighted by molar-refractivity contribution is 5.82. The van der Waals surface area contributed by atoms with Crippen molar-refractivity contribution in [1.29, 1.82) is 0 Å². The molecule has 1 aliphatic rings. The van der Waals surface area contributed by atoms with Crippen molar-refractivity contribution in [3.8, 4) is 0 Å². The molecule has 1 aliphatic heterocycles. The minimum atomic E-state index is -0.670. The van der Waals surface area contributed by atoms with Crippen LogP contribution in [0, 0.1) is 0 Å². The molecule has 1 saturated heterocycles. The molecule has 1 amide bonds. The van der Waals surface area contributed by atoms with Crippen molar-refractivity contribution in [2.24, 2.45) is 5.73 Å². The molecule has 1 fully saturated rings. The number of rotatable bonds is 4. The predicted molar refractivity (Wildman–Crippen MR) is 70.1 cm³/mol. The predicted octanol–water partition coefficient (Wildman–Crippen LogP) is 0.501. The summed E-state index contributed by atoms with van der Waals surface area (Å²) in [6.45, 7) is 8.32. The fraction of sp³-hybridized carbons (Fsp3) is 0.923. The van der Waals surface area contributed by atoms with E-state index in [1.165, 1.54) is 0 Å². The Hall–Kier alpha value is -0.650. The molecule has 1 rings (SSSR count). The van der Waals surface area contributed by atoms with E-state index in [0.717, 1.165) is 12.8 Å². The number of likely N-dealkylation sites (tertiary alicyclic amines) is 1. The van der Waals surface area contributed by atoms with E-state index in [2.05, 4.69) is 0 Å². The molecule has 18 heavy (non-hydrogen) atoms. The highest BCUT2D eigenvalue weighted by Gasteiger charge is 2.34. The quantitative estimate of drug-likeness (QED) is 0.770. The van der Waals surface area contributed by atoms with Crippen LogP contribution in [0.3, 0.4) is 0 Å². The minimum Gasteiger partial charge on any atom is -0.394 e. The molecule has 1 heterocycles. The molecule has 0 bridgehead atoms. The first-order valence-electron chi connectivity index (χ1n) is 6.61. The molecule has 0 unspecified atom stereocenters. The lowest BCUT2D eigenvalue weighted by atomic mass is 10.1. The molecule has 3 N–H and O–H groups in total. The van der Waals surface area contributed by atoms with Gasteiger partial charge in [-0.3, -0.25) is 4.79 Å². The first-order valence-corrected chi connectivity index (χ1v) is 6.61. The zero-order chi connectivity index (χ0) is 13.9. The molecular weight excluding hydrogens is 232 g/mol. The monoisotopic (exact) mass is 258 g/mol. The number of amides is 1. The Morgan fingerprint density at radius 1 is 1.56 bits per heavy atom. The Labute approximate surface area is 109 Å². The highest BCUT2D eigenvalue weighted by Crippen LogP contribution is 2.19. The lowest BCUT2D eigenvalue weighted by Gasteiger charge is -2.32. The van der Waals surface area contributed by atoms with E-state index in [9.17, 15) is 9.90 Å². The summed E-state index contributed by atoms with van der Waals surface area (Å²) < 4.78 is 5.71. The highest BCUT2D eigenvalue weighted by atomic mass is 16.5. The summed E-state index contributed by atoms with van der Waals surface area (Å²) in [7, 11) is 0. The summed E-state index contributed by atoms with van der Waals surface area (Å²) >= 11 is 0. The summed E-state index contributed by atoms with van der Waals surface area (Å²) in [6.07, 6.45) is 1.44. The smallest absolute Gasteiger partial charge is 0.242 e. The molecule has 0 spiro atoms. The standard InChI is InChI=1S/C13H26N2O3/c1-9(18-13(2,3)4)11(14)12(17)15-7-5-6-10(15)8-16/h9-11,16H,5-8,14H2,1-4H3/t9-,10+,11+/m1/s1. The van der Waals surface area contributed by atoms with Gasteiger partial charge in [0.2, 0.25) is 5.91 Å². The summed E-state index contributed by atoms with van der Waals surface area (Å²) in [5.41, 5.74) is 5.65. The molecule has 5 nitrogen and oxygen atoms in total. The average Bonchev–Trinajstić information content (AvgIpc) is 2.72. The van der Waals surface area contributed by atoms with E-state index in [0.29, 0.717) is 6.54 Å². The molecule has 0 aromatic carbocycles. The first-order chi connectivity index (χ1) is 8.26. The van der Waals surface area contributed by atoms with Crippen LogP contribution < -0.4 is 5.73 Å². The van der Waals surface area contributed by atoms with E-state index in [-0.39, 0.29) is 30.3 Å². The van der Waals surface area contributed by atoms with E-state index >= 15 is 0 Å². The van der Waals surface area contributed by atoms with Crippen molar-refractivity contribution in [2.45, 2.75) is 64.3 Å². The lowest BCUT2D eigenvalue weighted by Crippen LogP contribution is -2.53. The van der Waals surface area contributed by atoms with Gasteiger partial charge in [-0.1, -0.05) is 0 Å². The van der Waals surface area contributed by atoms with Crippen molar-refractivity contribution in [3.63, 3.8) is 0 Å². The summed E-state index contributed by atoms with van der Waals surface area (Å²) in [5.74, 6) is -0.122. The van der Waals surface area contributed by atoms with Crippen molar-refractivity contribution >= 4 is 5.91 Å². The molecule has 0 aromatic rings. The number of carbonyl (C=O) groups excluding carboxylic acids is 1. The van der Waals surface area contributed by atoms with Crippen molar-refractivity contribution < 1.29 is 14.6 Å². The summed E-state index contributed by atoms with van der Waals surface area (Å²) in [6, 6.07) is -0.748. The number of hydrogen-bond donors (Lipinski definition) is 2. The molecular formula is C13H26N2O3. The van der Waals surface area contributed by atoms with E-state index in [1.54, 1.807) is 4.90 Å². The molecule has 106 valence electrons. The molecule has 0 saturated carbocycles. The van der Waals surface area contributed by atoms with Crippen molar-refractivity contribution in [3.05, 3.63) is 0 Å². The Morgan fingerprint density at radius 2 is 2.17 bits per heavy atom. The van der Waals surface area contributed by atoms with E-state index in [4.69, 9.17) is 10.5 Å². The van der Waals surface area contributed by atoms with Gasteiger partial charge in [0.15, 0.2) is 0 Å². The third-order valence-corrected chi connectivity index (χ3v) is 3.20. The van der Waals surface area contributed by atoms with Crippen LogP contribution in [0.5, 0.6) is 0 Å². The molecule has 0 aromatic heterocycles. The lowest BCUT2D eigenvalue weighted by molar-refractivity contribution is -0.141. The SMILES string of the molecule is C[C@@H](OC(C)(C)C)[C@H](N)C(=O)N1CCC[C@H]1CO. The zero-order valence-electron chi connectivity index (χ0n) is 11.8. The number of hydrogen-bond acceptors (Lipinski definition) is 4. The van der Waals surface area contributed by atoms with Crippen LogP contribution in [0.25, 0.3) is 0 Å². The Bertz CT molecular complexity index is 288. The van der Waals surface area contributed by atoms with Crippen LogP contribution in [0.1, 0.15) is 40.5 Å². The van der Waals surface area contributed by atoms with Crippen LogP contribution in [0.15, 0.2) is 0 Å². The summed E-state index contributed by atoms with van der Waals surface area (Å²) in [4.78, 5) is 13.9. The molecule has 3 atom stereocenters. The molecule has 5 heteroatoms. The Morgan fingerprint density at radius 3 is 2.67 bits per heavy atom. The number of ether oxygens (including phenoxy) is 1. The second-order valence-electron chi connectivity index (χ2n) is 5.97. The number of aliphatic hydroxyl groups excluding tert-OH is 1. The van der Waals surface area contributed by atoms with Crippen LogP contribution in [0.2, 0.25) is 0 Å². The number of aliphatic hydroxyl groups is 1. The number of nitrogens with two attached hydrogens (primary N) is 1. The van der Waals surface area contributed by atoms with E-state index < -0.39 is 6.04 Å². The summed E-state index contributed by atoms with van der Waals surface area (Å²) in [5, 5.41) is 9.23. The Balaban J connectivity index is 2.60. The second kappa shape index (κ2) is 5.99. The van der Waals surface area contributed by atoms with Crippen molar-refractivity contribution in [2.75, 3.05) is 13.2 Å². The molecule has 0 aliphatic carbocycles. The normalized spacial score (nSPS) is 24.1. The van der Waals surface area contributed by atoms with Crippen LogP contribution in [0.4, 0.5) is 0 Å². The maximum absolute atomic E-state index is 12.3. The number of nitrogens with zero attached hydrogens (tertiary/aromatic N) is 1. The first kappa shape index (κ1) is 15.4. The van der Waals surface area contributed by atoms with Crippen LogP contribution in [-0.2, 0) is 9.53 Å².